The van der Waals surface area contributed by atoms with Crippen LogP contribution in [0.5, 0.6) is 0 Å². The van der Waals surface area contributed by atoms with E-state index in [4.69, 9.17) is 5.11 Å². The lowest BCUT2D eigenvalue weighted by Gasteiger charge is -1.99. The third-order valence-electron chi connectivity index (χ3n) is 2.37. The Kier molecular flexibility index (Phi) is 2.83. The molecule has 0 spiro atoms. The molecule has 0 saturated heterocycles. The van der Waals surface area contributed by atoms with Crippen molar-refractivity contribution in [1.29, 1.82) is 0 Å². The maximum Gasteiger partial charge on any atom is 0.0680 e. The zero-order valence-corrected chi connectivity index (χ0v) is 8.72. The second-order valence-electron chi connectivity index (χ2n) is 3.51. The summed E-state index contributed by atoms with van der Waals surface area (Å²) in [7, 11) is 0. The number of aliphatic hydroxyl groups excluding tert-OH is 1. The Labute approximate surface area is 89.0 Å². The van der Waals surface area contributed by atoms with E-state index in [0.29, 0.717) is 6.42 Å². The summed E-state index contributed by atoms with van der Waals surface area (Å²) >= 11 is 0. The van der Waals surface area contributed by atoms with Crippen molar-refractivity contribution in [3.8, 4) is 5.69 Å². The highest BCUT2D eigenvalue weighted by Crippen LogP contribution is 2.11. The first-order valence-electron chi connectivity index (χ1n) is 5.02. The van der Waals surface area contributed by atoms with E-state index in [1.165, 1.54) is 0 Å². The molecule has 0 bridgehead atoms. The van der Waals surface area contributed by atoms with E-state index in [1.807, 2.05) is 48.1 Å². The topological polar surface area (TPSA) is 38.0 Å². The zero-order valence-electron chi connectivity index (χ0n) is 8.72. The van der Waals surface area contributed by atoms with Gasteiger partial charge in [0.05, 0.1) is 11.4 Å². The molecule has 0 fully saturated rings. The van der Waals surface area contributed by atoms with Gasteiger partial charge in [0.1, 0.15) is 0 Å². The lowest BCUT2D eigenvalue weighted by molar-refractivity contribution is 0.297. The molecule has 3 heteroatoms. The van der Waals surface area contributed by atoms with Crippen molar-refractivity contribution in [1.82, 2.24) is 9.78 Å². The second kappa shape index (κ2) is 4.28. The van der Waals surface area contributed by atoms with Crippen LogP contribution in [0.2, 0.25) is 0 Å². The summed E-state index contributed by atoms with van der Waals surface area (Å²) in [5, 5.41) is 13.3. The van der Waals surface area contributed by atoms with E-state index >= 15 is 0 Å². The first-order valence-corrected chi connectivity index (χ1v) is 5.02. The number of hydrogen-bond donors (Lipinski definition) is 1. The average Bonchev–Trinajstić information content (AvgIpc) is 2.63. The minimum atomic E-state index is 0.145. The zero-order chi connectivity index (χ0) is 10.7. The third kappa shape index (κ3) is 2.07. The molecule has 0 radical (unpaired) electrons. The second-order valence-corrected chi connectivity index (χ2v) is 3.51. The van der Waals surface area contributed by atoms with Crippen LogP contribution in [0.3, 0.4) is 0 Å². The Morgan fingerprint density at radius 2 is 2.00 bits per heavy atom. The molecule has 1 aromatic carbocycles. The molecule has 1 heterocycles. The number of aryl methyl sites for hydroxylation is 1. The van der Waals surface area contributed by atoms with Crippen molar-refractivity contribution in [2.45, 2.75) is 13.3 Å². The highest BCUT2D eigenvalue weighted by Gasteiger charge is 2.04. The first-order chi connectivity index (χ1) is 7.31. The van der Waals surface area contributed by atoms with Crippen LogP contribution in [-0.2, 0) is 6.42 Å². The summed E-state index contributed by atoms with van der Waals surface area (Å²) in [4.78, 5) is 0. The number of benzene rings is 1. The minimum absolute atomic E-state index is 0.145. The number of aliphatic hydroxyl groups is 1. The first kappa shape index (κ1) is 9.93. The molecule has 0 aliphatic carbocycles. The molecule has 3 nitrogen and oxygen atoms in total. The Morgan fingerprint density at radius 3 is 2.67 bits per heavy atom. The Bertz CT molecular complexity index is 434. The standard InChI is InChI=1S/C12H14N2O/c1-10-9-14(13-12(10)7-8-15)11-5-3-2-4-6-11/h2-6,9,15H,7-8H2,1H3. The fraction of sp³-hybridized carbons (Fsp3) is 0.250. The number of hydrogen-bond acceptors (Lipinski definition) is 2. The van der Waals surface area contributed by atoms with Crippen LogP contribution in [0.1, 0.15) is 11.3 Å². The summed E-state index contributed by atoms with van der Waals surface area (Å²) in [5.41, 5.74) is 3.12. The van der Waals surface area contributed by atoms with Crippen molar-refractivity contribution >= 4 is 0 Å². The number of para-hydroxylation sites is 1. The van der Waals surface area contributed by atoms with Crippen LogP contribution < -0.4 is 0 Å². The summed E-state index contributed by atoms with van der Waals surface area (Å²) < 4.78 is 1.85. The summed E-state index contributed by atoms with van der Waals surface area (Å²) in [6.07, 6.45) is 2.60. The van der Waals surface area contributed by atoms with Gasteiger partial charge in [0.25, 0.3) is 0 Å². The van der Waals surface area contributed by atoms with Gasteiger partial charge in [-0.1, -0.05) is 18.2 Å². The van der Waals surface area contributed by atoms with Gasteiger partial charge in [0, 0.05) is 19.2 Å². The molecule has 1 N–H and O–H groups in total. The Balaban J connectivity index is 2.34. The molecule has 78 valence electrons. The minimum Gasteiger partial charge on any atom is -0.396 e. The molecule has 1 aromatic heterocycles. The maximum atomic E-state index is 8.87. The molecule has 0 aliphatic heterocycles. The lowest BCUT2D eigenvalue weighted by Crippen LogP contribution is -1.97. The SMILES string of the molecule is Cc1cn(-c2ccccc2)nc1CCO. The van der Waals surface area contributed by atoms with E-state index in [9.17, 15) is 0 Å². The van der Waals surface area contributed by atoms with Gasteiger partial charge in [-0.3, -0.25) is 0 Å². The van der Waals surface area contributed by atoms with Crippen LogP contribution in [0.15, 0.2) is 36.5 Å². The summed E-state index contributed by atoms with van der Waals surface area (Å²) in [6.45, 7) is 2.16. The van der Waals surface area contributed by atoms with Gasteiger partial charge in [-0.2, -0.15) is 5.10 Å². The predicted octanol–water partition coefficient (Wildman–Crippen LogP) is 1.72. The molecule has 0 saturated carbocycles. The number of rotatable bonds is 3. The van der Waals surface area contributed by atoms with Gasteiger partial charge in [0.2, 0.25) is 0 Å². The smallest absolute Gasteiger partial charge is 0.0680 e. The van der Waals surface area contributed by atoms with Crippen LogP contribution >= 0.6 is 0 Å². The molecule has 2 aromatic rings. The predicted molar refractivity (Wildman–Crippen MR) is 59.1 cm³/mol. The van der Waals surface area contributed by atoms with Gasteiger partial charge in [-0.15, -0.1) is 0 Å². The molecule has 2 rings (SSSR count). The summed E-state index contributed by atoms with van der Waals surface area (Å²) in [6, 6.07) is 9.97. The monoisotopic (exact) mass is 202 g/mol. The van der Waals surface area contributed by atoms with Crippen molar-refractivity contribution in [3.05, 3.63) is 47.8 Å². The van der Waals surface area contributed by atoms with Crippen LogP contribution in [0, 0.1) is 6.92 Å². The highest BCUT2D eigenvalue weighted by molar-refractivity contribution is 5.32. The van der Waals surface area contributed by atoms with E-state index < -0.39 is 0 Å². The van der Waals surface area contributed by atoms with E-state index in [0.717, 1.165) is 16.9 Å². The normalized spacial score (nSPS) is 10.5. The van der Waals surface area contributed by atoms with Crippen LogP contribution in [0.4, 0.5) is 0 Å². The fourth-order valence-electron chi connectivity index (χ4n) is 1.56. The molecule has 15 heavy (non-hydrogen) atoms. The molecular weight excluding hydrogens is 188 g/mol. The summed E-state index contributed by atoms with van der Waals surface area (Å²) in [5.74, 6) is 0. The Morgan fingerprint density at radius 1 is 1.27 bits per heavy atom. The van der Waals surface area contributed by atoms with Gasteiger partial charge >= 0.3 is 0 Å². The van der Waals surface area contributed by atoms with Gasteiger partial charge in [-0.05, 0) is 24.6 Å². The lowest BCUT2D eigenvalue weighted by atomic mass is 10.2. The maximum absolute atomic E-state index is 8.87. The largest absolute Gasteiger partial charge is 0.396 e. The van der Waals surface area contributed by atoms with Crippen molar-refractivity contribution in [2.75, 3.05) is 6.61 Å². The van der Waals surface area contributed by atoms with Gasteiger partial charge < -0.3 is 5.11 Å². The van der Waals surface area contributed by atoms with Gasteiger partial charge in [0.15, 0.2) is 0 Å². The number of aromatic nitrogens is 2. The number of nitrogens with zero attached hydrogens (tertiary/aromatic N) is 2. The Hall–Kier alpha value is -1.61. The average molecular weight is 202 g/mol. The molecule has 0 amide bonds. The van der Waals surface area contributed by atoms with Crippen LogP contribution in [0.25, 0.3) is 5.69 Å². The molecule has 0 atom stereocenters. The molecule has 0 unspecified atom stereocenters. The highest BCUT2D eigenvalue weighted by atomic mass is 16.3. The fourth-order valence-corrected chi connectivity index (χ4v) is 1.56. The quantitative estimate of drug-likeness (QED) is 0.822. The van der Waals surface area contributed by atoms with E-state index in [2.05, 4.69) is 5.10 Å². The van der Waals surface area contributed by atoms with E-state index in [-0.39, 0.29) is 6.61 Å². The van der Waals surface area contributed by atoms with Crippen molar-refractivity contribution < 1.29 is 5.11 Å². The molecular formula is C12H14N2O. The van der Waals surface area contributed by atoms with Crippen LogP contribution in [-0.4, -0.2) is 21.5 Å². The van der Waals surface area contributed by atoms with E-state index in [1.54, 1.807) is 0 Å². The third-order valence-corrected chi connectivity index (χ3v) is 2.37. The van der Waals surface area contributed by atoms with Gasteiger partial charge in [-0.25, -0.2) is 4.68 Å². The van der Waals surface area contributed by atoms with Crippen molar-refractivity contribution in [3.63, 3.8) is 0 Å². The van der Waals surface area contributed by atoms with Crippen molar-refractivity contribution in [2.24, 2.45) is 0 Å². The molecule has 0 aliphatic rings.